The first kappa shape index (κ1) is 17.9. The van der Waals surface area contributed by atoms with Gasteiger partial charge in [0.2, 0.25) is 5.95 Å². The van der Waals surface area contributed by atoms with Crippen molar-refractivity contribution in [2.75, 3.05) is 19.0 Å². The third-order valence-corrected chi connectivity index (χ3v) is 4.17. The van der Waals surface area contributed by atoms with E-state index in [1.54, 1.807) is 24.2 Å². The monoisotopic (exact) mass is 353 g/mol. The molecule has 0 unspecified atom stereocenters. The molecule has 0 spiro atoms. The highest BCUT2D eigenvalue weighted by Gasteiger charge is 2.14. The van der Waals surface area contributed by atoms with Crippen LogP contribution in [0.2, 0.25) is 0 Å². The minimum atomic E-state index is -0.0928. The average Bonchev–Trinajstić information content (AvgIpc) is 3.16. The smallest absolute Gasteiger partial charge is 0.223 e. The van der Waals surface area contributed by atoms with Gasteiger partial charge in [-0.3, -0.25) is 0 Å². The fourth-order valence-corrected chi connectivity index (χ4v) is 2.53. The summed E-state index contributed by atoms with van der Waals surface area (Å²) in [6.45, 7) is 4.10. The lowest BCUT2D eigenvalue weighted by molar-refractivity contribution is 0.248. The summed E-state index contributed by atoms with van der Waals surface area (Å²) in [6.07, 6.45) is 5.37. The van der Waals surface area contributed by atoms with E-state index in [-0.39, 0.29) is 18.6 Å². The zero-order valence-electron chi connectivity index (χ0n) is 15.1. The fourth-order valence-electron chi connectivity index (χ4n) is 2.53. The van der Waals surface area contributed by atoms with E-state index in [4.69, 9.17) is 4.74 Å². The van der Waals surface area contributed by atoms with Crippen LogP contribution < -0.4 is 10.1 Å². The van der Waals surface area contributed by atoms with E-state index in [0.717, 1.165) is 22.7 Å². The van der Waals surface area contributed by atoms with Crippen molar-refractivity contribution in [3.8, 4) is 22.7 Å². The normalized spacial score (nSPS) is 12.2. The zero-order chi connectivity index (χ0) is 18.5. The fraction of sp³-hybridized carbons (Fsp3) is 0.316. The van der Waals surface area contributed by atoms with Gasteiger partial charge in [-0.25, -0.2) is 14.6 Å². The Bertz CT molecular complexity index is 862. The molecule has 0 fully saturated rings. The van der Waals surface area contributed by atoms with E-state index in [0.29, 0.717) is 5.95 Å². The van der Waals surface area contributed by atoms with E-state index < -0.39 is 0 Å². The average molecular weight is 353 g/mol. The van der Waals surface area contributed by atoms with E-state index in [2.05, 4.69) is 20.4 Å². The lowest BCUT2D eigenvalue weighted by atomic mass is 10.1. The molecule has 0 bridgehead atoms. The summed E-state index contributed by atoms with van der Waals surface area (Å²) >= 11 is 0. The second-order valence-electron chi connectivity index (χ2n) is 6.32. The summed E-state index contributed by atoms with van der Waals surface area (Å²) in [7, 11) is 1.64. The molecule has 0 saturated heterocycles. The van der Waals surface area contributed by atoms with E-state index in [1.165, 1.54) is 0 Å². The van der Waals surface area contributed by atoms with Gasteiger partial charge in [0.25, 0.3) is 0 Å². The maximum absolute atomic E-state index is 9.47. The van der Waals surface area contributed by atoms with Gasteiger partial charge in [-0.05, 0) is 24.1 Å². The van der Waals surface area contributed by atoms with Crippen molar-refractivity contribution < 1.29 is 9.84 Å². The van der Waals surface area contributed by atoms with Crippen molar-refractivity contribution in [3.05, 3.63) is 48.9 Å². The quantitative estimate of drug-likeness (QED) is 0.679. The van der Waals surface area contributed by atoms with E-state index in [9.17, 15) is 5.11 Å². The van der Waals surface area contributed by atoms with Crippen LogP contribution in [0, 0.1) is 5.92 Å². The predicted octanol–water partition coefficient (Wildman–Crippen LogP) is 2.77. The molecule has 0 aliphatic rings. The van der Waals surface area contributed by atoms with Crippen molar-refractivity contribution in [2.24, 2.45) is 5.92 Å². The van der Waals surface area contributed by atoms with Gasteiger partial charge in [-0.15, -0.1) is 0 Å². The molecular formula is C19H23N5O2. The van der Waals surface area contributed by atoms with Crippen LogP contribution in [-0.4, -0.2) is 44.6 Å². The van der Waals surface area contributed by atoms with Crippen LogP contribution in [0.15, 0.2) is 48.9 Å². The molecule has 2 heterocycles. The molecule has 0 aliphatic heterocycles. The summed E-state index contributed by atoms with van der Waals surface area (Å²) in [5.41, 5.74) is 2.55. The van der Waals surface area contributed by atoms with Crippen LogP contribution in [0.3, 0.4) is 0 Å². The number of anilines is 1. The number of rotatable bonds is 7. The molecule has 3 aromatic rings. The van der Waals surface area contributed by atoms with Crippen molar-refractivity contribution in [1.29, 1.82) is 0 Å². The molecule has 7 nitrogen and oxygen atoms in total. The largest absolute Gasteiger partial charge is 0.497 e. The van der Waals surface area contributed by atoms with Gasteiger partial charge >= 0.3 is 0 Å². The molecule has 136 valence electrons. The first-order valence-corrected chi connectivity index (χ1v) is 8.50. The van der Waals surface area contributed by atoms with Crippen molar-refractivity contribution >= 4 is 5.95 Å². The van der Waals surface area contributed by atoms with Crippen LogP contribution in [0.25, 0.3) is 16.9 Å². The molecule has 7 heteroatoms. The first-order chi connectivity index (χ1) is 12.6. The Hall–Kier alpha value is -2.93. The Labute approximate surface area is 152 Å². The third kappa shape index (κ3) is 4.00. The van der Waals surface area contributed by atoms with Gasteiger partial charge in [0.05, 0.1) is 37.3 Å². The number of aliphatic hydroxyl groups is 1. The van der Waals surface area contributed by atoms with Crippen molar-refractivity contribution in [3.63, 3.8) is 0 Å². The summed E-state index contributed by atoms with van der Waals surface area (Å²) in [5, 5.41) is 17.1. The van der Waals surface area contributed by atoms with Crippen LogP contribution in [-0.2, 0) is 0 Å². The molecule has 2 aromatic heterocycles. The highest BCUT2D eigenvalue weighted by molar-refractivity contribution is 5.59. The lowest BCUT2D eigenvalue weighted by Gasteiger charge is -2.19. The number of nitrogens with zero attached hydrogens (tertiary/aromatic N) is 4. The molecule has 26 heavy (non-hydrogen) atoms. The van der Waals surface area contributed by atoms with Crippen LogP contribution in [0.5, 0.6) is 5.75 Å². The number of aliphatic hydroxyl groups excluding tert-OH is 1. The zero-order valence-corrected chi connectivity index (χ0v) is 15.1. The van der Waals surface area contributed by atoms with Crippen LogP contribution >= 0.6 is 0 Å². The maximum Gasteiger partial charge on any atom is 0.223 e. The minimum absolute atomic E-state index is 0.0268. The molecule has 0 amide bonds. The standard InChI is InChI=1S/C19H23N5O2/c1-13(2)18(12-25)23-19-20-8-7-17(22-19)14-10-21-24(11-14)15-5-4-6-16(9-15)26-3/h4-11,13,18,25H,12H2,1-3H3,(H,20,22,23)/t18-/m1/s1. The lowest BCUT2D eigenvalue weighted by Crippen LogP contribution is -2.30. The Morgan fingerprint density at radius 3 is 2.85 bits per heavy atom. The number of hydrogen-bond acceptors (Lipinski definition) is 6. The topological polar surface area (TPSA) is 85.1 Å². The third-order valence-electron chi connectivity index (χ3n) is 4.17. The Balaban J connectivity index is 1.84. The molecule has 3 rings (SSSR count). The van der Waals surface area contributed by atoms with Gasteiger partial charge in [0, 0.05) is 24.0 Å². The van der Waals surface area contributed by atoms with Gasteiger partial charge < -0.3 is 15.2 Å². The minimum Gasteiger partial charge on any atom is -0.497 e. The van der Waals surface area contributed by atoms with Crippen molar-refractivity contribution in [1.82, 2.24) is 19.7 Å². The maximum atomic E-state index is 9.47. The Morgan fingerprint density at radius 2 is 2.12 bits per heavy atom. The number of hydrogen-bond donors (Lipinski definition) is 2. The highest BCUT2D eigenvalue weighted by Crippen LogP contribution is 2.21. The predicted molar refractivity (Wildman–Crippen MR) is 100 cm³/mol. The molecule has 1 atom stereocenters. The molecule has 2 N–H and O–H groups in total. The first-order valence-electron chi connectivity index (χ1n) is 8.50. The SMILES string of the molecule is COc1cccc(-n2cc(-c3ccnc(N[C@H](CO)C(C)C)n3)cn2)c1. The van der Waals surface area contributed by atoms with Gasteiger partial charge in [-0.1, -0.05) is 19.9 Å². The number of ether oxygens (including phenoxy) is 1. The van der Waals surface area contributed by atoms with E-state index >= 15 is 0 Å². The molecule has 0 radical (unpaired) electrons. The summed E-state index contributed by atoms with van der Waals surface area (Å²) in [5.74, 6) is 1.53. The molecule has 0 aliphatic carbocycles. The second kappa shape index (κ2) is 7.97. The van der Waals surface area contributed by atoms with Gasteiger partial charge in [-0.2, -0.15) is 5.10 Å². The van der Waals surface area contributed by atoms with E-state index in [1.807, 2.05) is 50.4 Å². The second-order valence-corrected chi connectivity index (χ2v) is 6.32. The van der Waals surface area contributed by atoms with Gasteiger partial charge in [0.1, 0.15) is 5.75 Å². The van der Waals surface area contributed by atoms with Crippen LogP contribution in [0.4, 0.5) is 5.95 Å². The molecular weight excluding hydrogens is 330 g/mol. The summed E-state index contributed by atoms with van der Waals surface area (Å²) in [6, 6.07) is 9.43. The van der Waals surface area contributed by atoms with Gasteiger partial charge in [0.15, 0.2) is 0 Å². The highest BCUT2D eigenvalue weighted by atomic mass is 16.5. The number of nitrogens with one attached hydrogen (secondary N) is 1. The number of benzene rings is 1. The van der Waals surface area contributed by atoms with Crippen LogP contribution in [0.1, 0.15) is 13.8 Å². The summed E-state index contributed by atoms with van der Waals surface area (Å²) < 4.78 is 7.04. The Morgan fingerprint density at radius 1 is 1.27 bits per heavy atom. The molecule has 0 saturated carbocycles. The number of aromatic nitrogens is 4. The van der Waals surface area contributed by atoms with Crippen molar-refractivity contribution in [2.45, 2.75) is 19.9 Å². The number of methoxy groups -OCH3 is 1. The molecule has 1 aromatic carbocycles. The summed E-state index contributed by atoms with van der Waals surface area (Å²) in [4.78, 5) is 8.79. The Kier molecular flexibility index (Phi) is 5.48.